The van der Waals surface area contributed by atoms with Gasteiger partial charge in [-0.15, -0.1) is 0 Å². The number of aryl methyl sites for hydroxylation is 1. The molecule has 0 aromatic carbocycles. The highest BCUT2D eigenvalue weighted by atomic mass is 19.1. The summed E-state index contributed by atoms with van der Waals surface area (Å²) >= 11 is 0. The average molecular weight is 196 g/mol. The van der Waals surface area contributed by atoms with E-state index in [-0.39, 0.29) is 0 Å². The molecule has 1 fully saturated rings. The molecular weight excluding hydrogens is 183 g/mol. The summed E-state index contributed by atoms with van der Waals surface area (Å²) in [5, 5.41) is 2.93. The van der Waals surface area contributed by atoms with Gasteiger partial charge in [0.2, 0.25) is 5.88 Å². The predicted molar refractivity (Wildman–Crippen MR) is 51.2 cm³/mol. The quantitative estimate of drug-likeness (QED) is 0.768. The van der Waals surface area contributed by atoms with Crippen molar-refractivity contribution in [2.45, 2.75) is 19.2 Å². The normalized spacial score (nSPS) is 26.4. The number of alkyl halides is 1. The summed E-state index contributed by atoms with van der Waals surface area (Å²) in [5.41, 5.74) is 1.07. The highest BCUT2D eigenvalue weighted by Gasteiger charge is 2.28. The molecule has 1 aromatic heterocycles. The van der Waals surface area contributed by atoms with Gasteiger partial charge in [-0.2, -0.15) is 0 Å². The van der Waals surface area contributed by atoms with E-state index in [1.54, 1.807) is 12.3 Å². The van der Waals surface area contributed by atoms with E-state index < -0.39 is 12.3 Å². The molecule has 2 rings (SSSR count). The number of rotatable bonds is 2. The molecule has 4 heteroatoms. The van der Waals surface area contributed by atoms with Crippen LogP contribution in [0.1, 0.15) is 5.56 Å². The zero-order chi connectivity index (χ0) is 9.97. The minimum Gasteiger partial charge on any atom is -0.470 e. The number of hydrogen-bond donors (Lipinski definition) is 1. The molecule has 3 nitrogen and oxygen atoms in total. The van der Waals surface area contributed by atoms with E-state index in [2.05, 4.69) is 10.3 Å². The molecule has 0 amide bonds. The first-order valence-corrected chi connectivity index (χ1v) is 4.70. The highest BCUT2D eigenvalue weighted by Crippen LogP contribution is 2.14. The maximum absolute atomic E-state index is 13.1. The Morgan fingerprint density at radius 3 is 2.93 bits per heavy atom. The van der Waals surface area contributed by atoms with Crippen molar-refractivity contribution >= 4 is 0 Å². The Morgan fingerprint density at radius 2 is 2.36 bits per heavy atom. The lowest BCUT2D eigenvalue weighted by Crippen LogP contribution is -2.27. The Bertz CT molecular complexity index is 301. The third-order valence-corrected chi connectivity index (χ3v) is 2.24. The van der Waals surface area contributed by atoms with Gasteiger partial charge in [0, 0.05) is 25.4 Å². The van der Waals surface area contributed by atoms with Crippen molar-refractivity contribution in [1.29, 1.82) is 0 Å². The molecule has 2 unspecified atom stereocenters. The van der Waals surface area contributed by atoms with Gasteiger partial charge in [-0.05, 0) is 12.5 Å². The standard InChI is InChI=1S/C10H13FN2O/c1-7-2-3-10(13-4-7)14-9-6-12-5-8(9)11/h2-4,8-9,12H,5-6H2,1H3. The summed E-state index contributed by atoms with van der Waals surface area (Å²) in [5.74, 6) is 0.493. The molecule has 76 valence electrons. The second-order valence-corrected chi connectivity index (χ2v) is 3.50. The number of ether oxygens (including phenoxy) is 1. The molecule has 2 atom stereocenters. The van der Waals surface area contributed by atoms with Crippen molar-refractivity contribution in [2.24, 2.45) is 0 Å². The molecule has 0 radical (unpaired) electrons. The van der Waals surface area contributed by atoms with Crippen LogP contribution in [-0.4, -0.2) is 30.3 Å². The van der Waals surface area contributed by atoms with Gasteiger partial charge in [0.15, 0.2) is 6.17 Å². The first-order chi connectivity index (χ1) is 6.75. The van der Waals surface area contributed by atoms with Crippen LogP contribution >= 0.6 is 0 Å². The fourth-order valence-corrected chi connectivity index (χ4v) is 1.42. The highest BCUT2D eigenvalue weighted by molar-refractivity contribution is 5.16. The van der Waals surface area contributed by atoms with E-state index in [0.29, 0.717) is 19.0 Å². The topological polar surface area (TPSA) is 34.1 Å². The van der Waals surface area contributed by atoms with E-state index in [1.807, 2.05) is 13.0 Å². The summed E-state index contributed by atoms with van der Waals surface area (Å²) in [4.78, 5) is 4.06. The Balaban J connectivity index is 2.00. The number of hydrogen-bond acceptors (Lipinski definition) is 3. The number of nitrogens with zero attached hydrogens (tertiary/aromatic N) is 1. The molecule has 0 aliphatic carbocycles. The van der Waals surface area contributed by atoms with Crippen molar-refractivity contribution in [3.63, 3.8) is 0 Å². The average Bonchev–Trinajstić information content (AvgIpc) is 2.56. The predicted octanol–water partition coefficient (Wildman–Crippen LogP) is 1.08. The van der Waals surface area contributed by atoms with Gasteiger partial charge in [0.1, 0.15) is 6.10 Å². The SMILES string of the molecule is Cc1ccc(OC2CNCC2F)nc1. The number of halogens is 1. The fourth-order valence-electron chi connectivity index (χ4n) is 1.42. The van der Waals surface area contributed by atoms with Gasteiger partial charge in [0.05, 0.1) is 0 Å². The molecule has 1 aliphatic rings. The maximum Gasteiger partial charge on any atom is 0.213 e. The van der Waals surface area contributed by atoms with Crippen LogP contribution < -0.4 is 10.1 Å². The second kappa shape index (κ2) is 3.92. The fraction of sp³-hybridized carbons (Fsp3) is 0.500. The van der Waals surface area contributed by atoms with Gasteiger partial charge in [-0.3, -0.25) is 0 Å². The number of pyridine rings is 1. The summed E-state index contributed by atoms with van der Waals surface area (Å²) in [6.45, 7) is 2.87. The third kappa shape index (κ3) is 2.01. The van der Waals surface area contributed by atoms with Gasteiger partial charge < -0.3 is 10.1 Å². The molecule has 1 aliphatic heterocycles. The van der Waals surface area contributed by atoms with Crippen molar-refractivity contribution in [2.75, 3.05) is 13.1 Å². The van der Waals surface area contributed by atoms with E-state index in [4.69, 9.17) is 4.74 Å². The Kier molecular flexibility index (Phi) is 2.63. The van der Waals surface area contributed by atoms with Gasteiger partial charge in [-0.25, -0.2) is 9.37 Å². The van der Waals surface area contributed by atoms with E-state index >= 15 is 0 Å². The van der Waals surface area contributed by atoms with Crippen LogP contribution in [0.4, 0.5) is 4.39 Å². The lowest BCUT2D eigenvalue weighted by molar-refractivity contribution is 0.134. The van der Waals surface area contributed by atoms with Gasteiger partial charge in [0.25, 0.3) is 0 Å². The van der Waals surface area contributed by atoms with Crippen LogP contribution in [0.2, 0.25) is 0 Å². The maximum atomic E-state index is 13.1. The number of nitrogens with one attached hydrogen (secondary N) is 1. The van der Waals surface area contributed by atoms with Crippen LogP contribution in [0, 0.1) is 6.92 Å². The Morgan fingerprint density at radius 1 is 1.50 bits per heavy atom. The first kappa shape index (κ1) is 9.40. The summed E-state index contributed by atoms with van der Waals surface area (Å²) in [6.07, 6.45) is 0.383. The molecule has 1 saturated heterocycles. The van der Waals surface area contributed by atoms with Crippen LogP contribution in [0.15, 0.2) is 18.3 Å². The molecule has 14 heavy (non-hydrogen) atoms. The molecule has 0 spiro atoms. The van der Waals surface area contributed by atoms with E-state index in [0.717, 1.165) is 5.56 Å². The largest absolute Gasteiger partial charge is 0.470 e. The van der Waals surface area contributed by atoms with Crippen LogP contribution in [0.25, 0.3) is 0 Å². The first-order valence-electron chi connectivity index (χ1n) is 4.70. The zero-order valence-corrected chi connectivity index (χ0v) is 8.03. The molecule has 1 aromatic rings. The molecular formula is C10H13FN2O. The van der Waals surface area contributed by atoms with E-state index in [1.165, 1.54) is 0 Å². The molecule has 0 bridgehead atoms. The van der Waals surface area contributed by atoms with Crippen molar-refractivity contribution in [1.82, 2.24) is 10.3 Å². The lowest BCUT2D eigenvalue weighted by atomic mass is 10.3. The van der Waals surface area contributed by atoms with Crippen molar-refractivity contribution in [3.05, 3.63) is 23.9 Å². The summed E-state index contributed by atoms with van der Waals surface area (Å²) in [7, 11) is 0. The zero-order valence-electron chi connectivity index (χ0n) is 8.03. The molecule has 0 saturated carbocycles. The van der Waals surface area contributed by atoms with Crippen molar-refractivity contribution < 1.29 is 9.13 Å². The smallest absolute Gasteiger partial charge is 0.213 e. The lowest BCUT2D eigenvalue weighted by Gasteiger charge is -2.13. The minimum absolute atomic E-state index is 0.372. The summed E-state index contributed by atoms with van der Waals surface area (Å²) in [6, 6.07) is 3.67. The van der Waals surface area contributed by atoms with Gasteiger partial charge >= 0.3 is 0 Å². The monoisotopic (exact) mass is 196 g/mol. The number of aromatic nitrogens is 1. The Labute approximate surface area is 82.3 Å². The third-order valence-electron chi connectivity index (χ3n) is 2.24. The molecule has 1 N–H and O–H groups in total. The second-order valence-electron chi connectivity index (χ2n) is 3.50. The van der Waals surface area contributed by atoms with Crippen LogP contribution in [0.3, 0.4) is 0 Å². The summed E-state index contributed by atoms with van der Waals surface area (Å²) < 4.78 is 18.5. The Hall–Kier alpha value is -1.16. The van der Waals surface area contributed by atoms with Crippen LogP contribution in [-0.2, 0) is 0 Å². The van der Waals surface area contributed by atoms with E-state index in [9.17, 15) is 4.39 Å². The van der Waals surface area contributed by atoms with Crippen LogP contribution in [0.5, 0.6) is 5.88 Å². The molecule has 2 heterocycles. The minimum atomic E-state index is -0.932. The van der Waals surface area contributed by atoms with Gasteiger partial charge in [-0.1, -0.05) is 6.07 Å². The van der Waals surface area contributed by atoms with Crippen molar-refractivity contribution in [3.8, 4) is 5.88 Å².